The fraction of sp³-hybridized carbons (Fsp3) is 0.348. The van der Waals surface area contributed by atoms with Crippen LogP contribution in [0.2, 0.25) is 0 Å². The third kappa shape index (κ3) is 4.12. The Morgan fingerprint density at radius 3 is 2.68 bits per heavy atom. The van der Waals surface area contributed by atoms with Crippen LogP contribution >= 0.6 is 0 Å². The maximum absolute atomic E-state index is 13.5. The van der Waals surface area contributed by atoms with Crippen LogP contribution in [0.5, 0.6) is 5.88 Å². The third-order valence-electron chi connectivity index (χ3n) is 5.67. The van der Waals surface area contributed by atoms with Gasteiger partial charge in [-0.15, -0.1) is 0 Å². The topological polar surface area (TPSA) is 96.9 Å². The highest BCUT2D eigenvalue weighted by Gasteiger charge is 2.32. The van der Waals surface area contributed by atoms with E-state index in [9.17, 15) is 10.1 Å². The molecular weight excluding hydrogens is 392 g/mol. The van der Waals surface area contributed by atoms with Crippen molar-refractivity contribution in [1.29, 1.82) is 5.26 Å². The molecular formula is C23H24N6O2. The van der Waals surface area contributed by atoms with Gasteiger partial charge in [0.1, 0.15) is 6.10 Å². The number of amides is 1. The molecule has 0 radical (unpaired) electrons. The van der Waals surface area contributed by atoms with E-state index in [0.29, 0.717) is 34.8 Å². The number of carbonyl (C=O) groups is 1. The predicted octanol–water partition coefficient (Wildman–Crippen LogP) is 3.22. The molecule has 1 aliphatic heterocycles. The van der Waals surface area contributed by atoms with Gasteiger partial charge in [0.2, 0.25) is 5.88 Å². The van der Waals surface area contributed by atoms with Crippen LogP contribution in [0, 0.1) is 25.2 Å². The first-order chi connectivity index (χ1) is 15.0. The molecule has 0 saturated carbocycles. The zero-order valence-electron chi connectivity index (χ0n) is 17.8. The van der Waals surface area contributed by atoms with Crippen molar-refractivity contribution in [3.8, 4) is 17.6 Å². The van der Waals surface area contributed by atoms with Crippen LogP contribution in [-0.2, 0) is 0 Å². The molecule has 0 aliphatic carbocycles. The summed E-state index contributed by atoms with van der Waals surface area (Å²) >= 11 is 0. The molecule has 3 heterocycles. The number of aromatic nitrogens is 4. The summed E-state index contributed by atoms with van der Waals surface area (Å²) in [5.41, 5.74) is 3.49. The Hall–Kier alpha value is -3.73. The Bertz CT molecular complexity index is 1140. The summed E-state index contributed by atoms with van der Waals surface area (Å²) in [7, 11) is 0. The van der Waals surface area contributed by atoms with Crippen LogP contribution in [-0.4, -0.2) is 49.5 Å². The normalized spacial score (nSPS) is 18.5. The number of nitrogens with zero attached hydrogens (tertiary/aromatic N) is 6. The Morgan fingerprint density at radius 2 is 1.94 bits per heavy atom. The van der Waals surface area contributed by atoms with E-state index >= 15 is 0 Å². The molecule has 3 aromatic rings. The Balaban J connectivity index is 1.59. The number of likely N-dealkylation sites (tertiary alicyclic amines) is 1. The summed E-state index contributed by atoms with van der Waals surface area (Å²) in [6.45, 7) is 6.29. The molecule has 1 aliphatic rings. The van der Waals surface area contributed by atoms with Gasteiger partial charge < -0.3 is 9.64 Å². The first-order valence-corrected chi connectivity index (χ1v) is 10.3. The van der Waals surface area contributed by atoms with Gasteiger partial charge in [0, 0.05) is 17.8 Å². The standard InChI is InChI=1S/C23H24N6O2/c1-15-4-7-20(21(12-15)29-26-10-11-27-29)23(30)28-14-19(6-5-16(28)2)31-22-17(3)18(13-24)8-9-25-22/h4,7-12,16,19H,5-6,14H2,1-3H3/t16-,19-/m1/s1. The average molecular weight is 416 g/mol. The second-order valence-corrected chi connectivity index (χ2v) is 7.86. The van der Waals surface area contributed by atoms with Crippen molar-refractivity contribution < 1.29 is 9.53 Å². The highest BCUT2D eigenvalue weighted by atomic mass is 16.5. The minimum absolute atomic E-state index is 0.0755. The fourth-order valence-electron chi connectivity index (χ4n) is 3.85. The van der Waals surface area contributed by atoms with Crippen molar-refractivity contribution in [1.82, 2.24) is 24.9 Å². The molecule has 1 aromatic carbocycles. The number of hydrogen-bond acceptors (Lipinski definition) is 6. The van der Waals surface area contributed by atoms with E-state index in [1.165, 1.54) is 4.80 Å². The minimum Gasteiger partial charge on any atom is -0.472 e. The van der Waals surface area contributed by atoms with Crippen LogP contribution in [0.4, 0.5) is 0 Å². The molecule has 1 amide bonds. The molecule has 2 atom stereocenters. The van der Waals surface area contributed by atoms with Crippen LogP contribution in [0.15, 0.2) is 42.9 Å². The predicted molar refractivity (Wildman–Crippen MR) is 114 cm³/mol. The number of piperidine rings is 1. The van der Waals surface area contributed by atoms with Gasteiger partial charge in [-0.05, 0) is 57.4 Å². The summed E-state index contributed by atoms with van der Waals surface area (Å²) in [6.07, 6.45) is 6.18. The highest BCUT2D eigenvalue weighted by Crippen LogP contribution is 2.27. The summed E-state index contributed by atoms with van der Waals surface area (Å²) in [6, 6.07) is 9.56. The van der Waals surface area contributed by atoms with Gasteiger partial charge in [-0.1, -0.05) is 6.07 Å². The number of hydrogen-bond donors (Lipinski definition) is 0. The van der Waals surface area contributed by atoms with Gasteiger partial charge >= 0.3 is 0 Å². The van der Waals surface area contributed by atoms with Crippen molar-refractivity contribution in [2.45, 2.75) is 45.8 Å². The van der Waals surface area contributed by atoms with E-state index < -0.39 is 0 Å². The van der Waals surface area contributed by atoms with Gasteiger partial charge in [-0.3, -0.25) is 4.79 Å². The van der Waals surface area contributed by atoms with Gasteiger partial charge in [0.05, 0.1) is 41.8 Å². The molecule has 8 nitrogen and oxygen atoms in total. The molecule has 1 saturated heterocycles. The van der Waals surface area contributed by atoms with Gasteiger partial charge in [-0.2, -0.15) is 20.3 Å². The summed E-state index contributed by atoms with van der Waals surface area (Å²) in [5, 5.41) is 17.7. The lowest BCUT2D eigenvalue weighted by molar-refractivity contribution is 0.0371. The van der Waals surface area contributed by atoms with Crippen LogP contribution in [0.1, 0.15) is 46.8 Å². The quantitative estimate of drug-likeness (QED) is 0.648. The fourth-order valence-corrected chi connectivity index (χ4v) is 3.85. The molecule has 0 N–H and O–H groups in total. The summed E-state index contributed by atoms with van der Waals surface area (Å²) in [4.78, 5) is 21.2. The second-order valence-electron chi connectivity index (χ2n) is 7.86. The molecule has 31 heavy (non-hydrogen) atoms. The Labute approximate surface area is 181 Å². The van der Waals surface area contributed by atoms with Crippen molar-refractivity contribution in [2.24, 2.45) is 0 Å². The van der Waals surface area contributed by atoms with E-state index in [1.807, 2.05) is 43.9 Å². The number of rotatable bonds is 4. The lowest BCUT2D eigenvalue weighted by Crippen LogP contribution is -2.49. The average Bonchev–Trinajstić information content (AvgIpc) is 3.31. The molecule has 0 spiro atoms. The van der Waals surface area contributed by atoms with E-state index in [0.717, 1.165) is 18.4 Å². The molecule has 8 heteroatoms. The second kappa shape index (κ2) is 8.56. The zero-order valence-corrected chi connectivity index (χ0v) is 17.8. The zero-order chi connectivity index (χ0) is 22.0. The number of pyridine rings is 1. The number of nitriles is 1. The number of ether oxygens (including phenoxy) is 1. The monoisotopic (exact) mass is 416 g/mol. The first-order valence-electron chi connectivity index (χ1n) is 10.3. The number of aryl methyl sites for hydroxylation is 1. The van der Waals surface area contributed by atoms with Gasteiger partial charge in [0.15, 0.2) is 0 Å². The van der Waals surface area contributed by atoms with Gasteiger partial charge in [-0.25, -0.2) is 4.98 Å². The van der Waals surface area contributed by atoms with E-state index in [-0.39, 0.29) is 18.1 Å². The number of benzene rings is 1. The smallest absolute Gasteiger partial charge is 0.256 e. The van der Waals surface area contributed by atoms with Crippen molar-refractivity contribution in [2.75, 3.05) is 6.54 Å². The Morgan fingerprint density at radius 1 is 1.16 bits per heavy atom. The largest absolute Gasteiger partial charge is 0.472 e. The van der Waals surface area contributed by atoms with Crippen LogP contribution in [0.25, 0.3) is 5.69 Å². The van der Waals surface area contributed by atoms with Crippen molar-refractivity contribution in [3.05, 3.63) is 65.1 Å². The maximum atomic E-state index is 13.5. The van der Waals surface area contributed by atoms with Gasteiger partial charge in [0.25, 0.3) is 5.91 Å². The molecule has 4 rings (SSSR count). The first kappa shape index (κ1) is 20.5. The van der Waals surface area contributed by atoms with E-state index in [2.05, 4.69) is 21.3 Å². The van der Waals surface area contributed by atoms with Crippen molar-refractivity contribution >= 4 is 5.91 Å². The molecule has 158 valence electrons. The SMILES string of the molecule is Cc1ccc(C(=O)N2C[C@H](Oc3nccc(C#N)c3C)CC[C@H]2C)c(-n2nccn2)c1. The summed E-state index contributed by atoms with van der Waals surface area (Å²) in [5.74, 6) is 0.367. The van der Waals surface area contributed by atoms with Crippen molar-refractivity contribution in [3.63, 3.8) is 0 Å². The molecule has 1 fully saturated rings. The van der Waals surface area contributed by atoms with Crippen LogP contribution in [0.3, 0.4) is 0 Å². The lowest BCUT2D eigenvalue weighted by Gasteiger charge is -2.38. The van der Waals surface area contributed by atoms with E-state index in [1.54, 1.807) is 24.7 Å². The number of carbonyl (C=O) groups excluding carboxylic acids is 1. The summed E-state index contributed by atoms with van der Waals surface area (Å²) < 4.78 is 6.13. The molecule has 0 unspecified atom stereocenters. The molecule has 0 bridgehead atoms. The Kier molecular flexibility index (Phi) is 5.67. The van der Waals surface area contributed by atoms with Crippen LogP contribution < -0.4 is 4.74 Å². The molecule has 2 aromatic heterocycles. The van der Waals surface area contributed by atoms with E-state index in [4.69, 9.17) is 4.74 Å². The highest BCUT2D eigenvalue weighted by molar-refractivity contribution is 5.98. The minimum atomic E-state index is -0.197. The maximum Gasteiger partial charge on any atom is 0.256 e. The lowest BCUT2D eigenvalue weighted by atomic mass is 9.99. The third-order valence-corrected chi connectivity index (χ3v) is 5.67.